The van der Waals surface area contributed by atoms with Crippen LogP contribution in [0.1, 0.15) is 50.4 Å². The van der Waals surface area contributed by atoms with Gasteiger partial charge in [0.2, 0.25) is 10.0 Å². The van der Waals surface area contributed by atoms with Crippen LogP contribution >= 0.6 is 0 Å². The molecule has 152 valence electrons. The van der Waals surface area contributed by atoms with Gasteiger partial charge in [-0.25, -0.2) is 12.7 Å². The third-order valence-electron chi connectivity index (χ3n) is 5.83. The molecule has 0 radical (unpaired) electrons. The summed E-state index contributed by atoms with van der Waals surface area (Å²) in [5.41, 5.74) is 1.80. The van der Waals surface area contributed by atoms with Gasteiger partial charge in [0.15, 0.2) is 0 Å². The molecule has 3 heterocycles. The highest BCUT2D eigenvalue weighted by Crippen LogP contribution is 2.42. The second kappa shape index (κ2) is 8.99. The Morgan fingerprint density at radius 1 is 1.33 bits per heavy atom. The fourth-order valence-electron chi connectivity index (χ4n) is 4.36. The number of piperidine rings is 1. The summed E-state index contributed by atoms with van der Waals surface area (Å²) in [6.45, 7) is 7.03. The fourth-order valence-corrected chi connectivity index (χ4v) is 5.87. The predicted molar refractivity (Wildman–Crippen MR) is 105 cm³/mol. The quantitative estimate of drug-likeness (QED) is 0.632. The van der Waals surface area contributed by atoms with E-state index in [1.165, 1.54) is 0 Å². The van der Waals surface area contributed by atoms with Gasteiger partial charge < -0.3 is 9.47 Å². The average Bonchev–Trinajstić information content (AvgIpc) is 3.01. The number of hydrogen-bond donors (Lipinski definition) is 0. The summed E-state index contributed by atoms with van der Waals surface area (Å²) in [5, 5.41) is 0. The number of aryl methyl sites for hydroxylation is 1. The van der Waals surface area contributed by atoms with E-state index in [1.54, 1.807) is 4.31 Å². The lowest BCUT2D eigenvalue weighted by Crippen LogP contribution is -2.50. The van der Waals surface area contributed by atoms with E-state index in [-0.39, 0.29) is 11.4 Å². The van der Waals surface area contributed by atoms with Gasteiger partial charge in [-0.1, -0.05) is 13.0 Å². The molecule has 3 rings (SSSR count). The number of sulfonamides is 1. The minimum atomic E-state index is -3.11. The van der Waals surface area contributed by atoms with Crippen LogP contribution in [-0.4, -0.2) is 55.4 Å². The van der Waals surface area contributed by atoms with E-state index >= 15 is 0 Å². The Morgan fingerprint density at radius 2 is 2.11 bits per heavy atom. The van der Waals surface area contributed by atoms with Crippen molar-refractivity contribution in [3.8, 4) is 0 Å². The van der Waals surface area contributed by atoms with Gasteiger partial charge in [-0.3, -0.25) is 4.98 Å². The summed E-state index contributed by atoms with van der Waals surface area (Å²) in [7, 11) is -3.11. The van der Waals surface area contributed by atoms with Crippen molar-refractivity contribution in [2.75, 3.05) is 32.1 Å². The van der Waals surface area contributed by atoms with Crippen molar-refractivity contribution < 1.29 is 17.9 Å². The Balaban J connectivity index is 1.48. The van der Waals surface area contributed by atoms with Crippen LogP contribution in [0.5, 0.6) is 0 Å². The van der Waals surface area contributed by atoms with Gasteiger partial charge in [0.05, 0.1) is 23.7 Å². The zero-order valence-corrected chi connectivity index (χ0v) is 17.3. The van der Waals surface area contributed by atoms with E-state index in [2.05, 4.69) is 4.98 Å². The van der Waals surface area contributed by atoms with E-state index in [9.17, 15) is 8.42 Å². The summed E-state index contributed by atoms with van der Waals surface area (Å²) in [6.07, 6.45) is 4.23. The molecule has 0 N–H and O–H groups in total. The number of rotatable bonds is 8. The molecule has 2 fully saturated rings. The van der Waals surface area contributed by atoms with Crippen molar-refractivity contribution in [2.24, 2.45) is 5.92 Å². The molecule has 2 aliphatic rings. The smallest absolute Gasteiger partial charge is 0.214 e. The van der Waals surface area contributed by atoms with Crippen LogP contribution in [0.4, 0.5) is 0 Å². The van der Waals surface area contributed by atoms with Crippen LogP contribution in [0.25, 0.3) is 0 Å². The van der Waals surface area contributed by atoms with Gasteiger partial charge >= 0.3 is 0 Å². The second-order valence-electron chi connectivity index (χ2n) is 7.73. The molecule has 0 bridgehead atoms. The zero-order valence-electron chi connectivity index (χ0n) is 16.5. The topological polar surface area (TPSA) is 68.7 Å². The van der Waals surface area contributed by atoms with Crippen molar-refractivity contribution in [3.05, 3.63) is 29.6 Å². The van der Waals surface area contributed by atoms with Gasteiger partial charge in [-0.15, -0.1) is 0 Å². The highest BCUT2D eigenvalue weighted by molar-refractivity contribution is 7.89. The van der Waals surface area contributed by atoms with Crippen LogP contribution in [-0.2, 0) is 26.1 Å². The third kappa shape index (κ3) is 5.08. The molecule has 2 saturated heterocycles. The molecule has 7 heteroatoms. The molecular weight excluding hydrogens is 364 g/mol. The normalized spacial score (nSPS) is 23.1. The minimum Gasteiger partial charge on any atom is -0.375 e. The monoisotopic (exact) mass is 396 g/mol. The number of ether oxygens (including phenoxy) is 2. The lowest BCUT2D eigenvalue weighted by atomic mass is 9.78. The van der Waals surface area contributed by atoms with Crippen molar-refractivity contribution >= 4 is 10.0 Å². The maximum absolute atomic E-state index is 12.3. The van der Waals surface area contributed by atoms with E-state index in [1.807, 2.05) is 32.0 Å². The van der Waals surface area contributed by atoms with Crippen molar-refractivity contribution in [1.29, 1.82) is 0 Å². The molecule has 27 heavy (non-hydrogen) atoms. The first-order chi connectivity index (χ1) is 13.0. The van der Waals surface area contributed by atoms with Crippen LogP contribution in [0, 0.1) is 12.8 Å². The van der Waals surface area contributed by atoms with Crippen LogP contribution < -0.4 is 0 Å². The fraction of sp³-hybridized carbons (Fsp3) is 0.750. The number of hydrogen-bond acceptors (Lipinski definition) is 5. The van der Waals surface area contributed by atoms with E-state index in [0.717, 1.165) is 43.7 Å². The third-order valence-corrected chi connectivity index (χ3v) is 7.91. The Labute approximate surface area is 163 Å². The molecule has 2 aliphatic heterocycles. The molecule has 0 aromatic carbocycles. The standard InChI is InChI=1S/C20H32N2O4S/c1-3-15-27(23,24)22-11-9-20(10-12-22)18(8-14-26-20)7-13-25-16-19-6-4-5-17(2)21-19/h4-6,18H,3,7-16H2,1-2H3/t18-/m0/s1. The Hall–Kier alpha value is -1.02. The van der Waals surface area contributed by atoms with Gasteiger partial charge in [0.1, 0.15) is 0 Å². The van der Waals surface area contributed by atoms with Crippen molar-refractivity contribution in [3.63, 3.8) is 0 Å². The molecule has 0 saturated carbocycles. The van der Waals surface area contributed by atoms with Crippen LogP contribution in [0.3, 0.4) is 0 Å². The summed E-state index contributed by atoms with van der Waals surface area (Å²) < 4.78 is 38.3. The number of aromatic nitrogens is 1. The number of nitrogens with zero attached hydrogens (tertiary/aromatic N) is 2. The summed E-state index contributed by atoms with van der Waals surface area (Å²) >= 11 is 0. The van der Waals surface area contributed by atoms with E-state index in [4.69, 9.17) is 9.47 Å². The predicted octanol–water partition coefficient (Wildman–Crippen LogP) is 2.91. The second-order valence-corrected chi connectivity index (χ2v) is 9.81. The molecule has 1 spiro atoms. The maximum atomic E-state index is 12.3. The van der Waals surface area contributed by atoms with Gasteiger partial charge in [-0.05, 0) is 57.1 Å². The molecule has 0 aliphatic carbocycles. The average molecular weight is 397 g/mol. The SMILES string of the molecule is CCCS(=O)(=O)N1CCC2(CC1)OCC[C@@H]2CCOCc1cccc(C)n1. The number of pyridine rings is 1. The van der Waals surface area contributed by atoms with Gasteiger partial charge in [0, 0.05) is 32.0 Å². The minimum absolute atomic E-state index is 0.164. The molecule has 6 nitrogen and oxygen atoms in total. The molecule has 1 aromatic rings. The first kappa shape index (κ1) is 20.7. The Bertz CT molecular complexity index is 714. The summed E-state index contributed by atoms with van der Waals surface area (Å²) in [6, 6.07) is 5.97. The van der Waals surface area contributed by atoms with Crippen molar-refractivity contribution in [1.82, 2.24) is 9.29 Å². The largest absolute Gasteiger partial charge is 0.375 e. The Kier molecular flexibility index (Phi) is 6.89. The first-order valence-electron chi connectivity index (χ1n) is 10.1. The lowest BCUT2D eigenvalue weighted by Gasteiger charge is -2.41. The zero-order chi connectivity index (χ0) is 19.3. The molecule has 1 atom stereocenters. The summed E-state index contributed by atoms with van der Waals surface area (Å²) in [4.78, 5) is 4.46. The molecule has 0 unspecified atom stereocenters. The van der Waals surface area contributed by atoms with E-state index < -0.39 is 10.0 Å². The summed E-state index contributed by atoms with van der Waals surface area (Å²) in [5.74, 6) is 0.685. The van der Waals surface area contributed by atoms with Gasteiger partial charge in [-0.2, -0.15) is 0 Å². The van der Waals surface area contributed by atoms with Crippen molar-refractivity contribution in [2.45, 2.75) is 58.2 Å². The first-order valence-corrected chi connectivity index (χ1v) is 11.7. The molecule has 0 amide bonds. The van der Waals surface area contributed by atoms with Gasteiger partial charge in [0.25, 0.3) is 0 Å². The Morgan fingerprint density at radius 3 is 2.81 bits per heavy atom. The highest BCUT2D eigenvalue weighted by atomic mass is 32.2. The lowest BCUT2D eigenvalue weighted by molar-refractivity contribution is -0.0618. The van der Waals surface area contributed by atoms with E-state index in [0.29, 0.717) is 38.6 Å². The van der Waals surface area contributed by atoms with Crippen LogP contribution in [0.15, 0.2) is 18.2 Å². The maximum Gasteiger partial charge on any atom is 0.214 e. The highest BCUT2D eigenvalue weighted by Gasteiger charge is 2.47. The van der Waals surface area contributed by atoms with Crippen LogP contribution in [0.2, 0.25) is 0 Å². The molecule has 1 aromatic heterocycles. The molecular formula is C20H32N2O4S.